The fourth-order valence-electron chi connectivity index (χ4n) is 4.77. The number of carbonyl (C=O) groups is 2. The van der Waals surface area contributed by atoms with E-state index in [4.69, 9.17) is 4.74 Å². The predicted octanol–water partition coefficient (Wildman–Crippen LogP) is 3.49. The summed E-state index contributed by atoms with van der Waals surface area (Å²) in [6.45, 7) is 3.36. The van der Waals surface area contributed by atoms with Gasteiger partial charge in [-0.1, -0.05) is 30.3 Å². The highest BCUT2D eigenvalue weighted by molar-refractivity contribution is 6.03. The molecule has 2 atom stereocenters. The second-order valence-corrected chi connectivity index (χ2v) is 8.81. The molecule has 3 heterocycles. The van der Waals surface area contributed by atoms with Gasteiger partial charge in [-0.05, 0) is 49.6 Å². The Labute approximate surface area is 186 Å². The Balaban J connectivity index is 1.52. The van der Waals surface area contributed by atoms with Crippen molar-refractivity contribution in [1.82, 2.24) is 14.8 Å². The van der Waals surface area contributed by atoms with Gasteiger partial charge in [-0.2, -0.15) is 0 Å². The van der Waals surface area contributed by atoms with Crippen LogP contribution in [-0.4, -0.2) is 46.1 Å². The molecule has 2 unspecified atom stereocenters. The lowest BCUT2D eigenvalue weighted by atomic mass is 9.93. The lowest BCUT2D eigenvalue weighted by Gasteiger charge is -2.44. The van der Waals surface area contributed by atoms with Crippen molar-refractivity contribution in [1.29, 1.82) is 0 Å². The second kappa shape index (κ2) is 8.06. The van der Waals surface area contributed by atoms with E-state index < -0.39 is 5.54 Å². The van der Waals surface area contributed by atoms with Crippen molar-refractivity contribution >= 4 is 22.7 Å². The number of halogens is 1. The van der Waals surface area contributed by atoms with Crippen LogP contribution in [0, 0.1) is 5.82 Å². The van der Waals surface area contributed by atoms with Crippen LogP contribution in [0.1, 0.15) is 35.8 Å². The first-order valence-electron chi connectivity index (χ1n) is 11.0. The number of fused-ring (bicyclic) bond motifs is 3. The van der Waals surface area contributed by atoms with Crippen molar-refractivity contribution in [2.75, 3.05) is 13.2 Å². The fraction of sp³-hybridized carbons (Fsp3) is 0.360. The predicted molar refractivity (Wildman–Crippen MR) is 119 cm³/mol. The summed E-state index contributed by atoms with van der Waals surface area (Å²) in [5, 5.41) is 3.96. The van der Waals surface area contributed by atoms with E-state index in [1.165, 1.54) is 12.1 Å². The van der Waals surface area contributed by atoms with Gasteiger partial charge in [-0.15, -0.1) is 0 Å². The molecule has 7 heteroatoms. The first-order chi connectivity index (χ1) is 15.5. The van der Waals surface area contributed by atoms with Crippen molar-refractivity contribution in [2.45, 2.75) is 44.5 Å². The average molecular weight is 435 g/mol. The quantitative estimate of drug-likeness (QED) is 0.667. The topological polar surface area (TPSA) is 63.6 Å². The van der Waals surface area contributed by atoms with Crippen LogP contribution in [0.3, 0.4) is 0 Å². The number of nitrogens with one attached hydrogen (secondary N) is 1. The smallest absolute Gasteiger partial charge is 0.271 e. The van der Waals surface area contributed by atoms with Gasteiger partial charge in [0.15, 0.2) is 0 Å². The molecule has 0 spiro atoms. The number of rotatable bonds is 5. The first kappa shape index (κ1) is 20.7. The zero-order chi connectivity index (χ0) is 22.3. The average Bonchev–Trinajstić information content (AvgIpc) is 3.43. The summed E-state index contributed by atoms with van der Waals surface area (Å²) in [4.78, 5) is 28.7. The third-order valence-corrected chi connectivity index (χ3v) is 6.57. The maximum absolute atomic E-state index is 13.8. The molecule has 0 aliphatic carbocycles. The molecule has 1 aromatic heterocycles. The number of hydrogen-bond donors (Lipinski definition) is 1. The molecule has 5 rings (SSSR count). The SMILES string of the molecule is CC1(C(=O)NCC2CCCO2)Cn2c(cc3ccccc32)C(=O)N1Cc1cccc(F)c1. The molecule has 0 bridgehead atoms. The normalized spacial score (nSPS) is 22.9. The maximum Gasteiger partial charge on any atom is 0.271 e. The van der Waals surface area contributed by atoms with E-state index in [1.54, 1.807) is 24.0 Å². The summed E-state index contributed by atoms with van der Waals surface area (Å²) < 4.78 is 21.4. The second-order valence-electron chi connectivity index (χ2n) is 8.81. The van der Waals surface area contributed by atoms with Gasteiger partial charge in [0.2, 0.25) is 5.91 Å². The van der Waals surface area contributed by atoms with Gasteiger partial charge in [0.1, 0.15) is 17.1 Å². The van der Waals surface area contributed by atoms with Crippen molar-refractivity contribution < 1.29 is 18.7 Å². The molecule has 32 heavy (non-hydrogen) atoms. The number of nitrogens with zero attached hydrogens (tertiary/aromatic N) is 2. The van der Waals surface area contributed by atoms with Gasteiger partial charge in [0.05, 0.1) is 12.6 Å². The van der Waals surface area contributed by atoms with Gasteiger partial charge in [-0.25, -0.2) is 4.39 Å². The molecule has 3 aromatic rings. The summed E-state index contributed by atoms with van der Waals surface area (Å²) >= 11 is 0. The van der Waals surface area contributed by atoms with Crippen LogP contribution in [0.4, 0.5) is 4.39 Å². The zero-order valence-electron chi connectivity index (χ0n) is 18.0. The van der Waals surface area contributed by atoms with Crippen LogP contribution in [0.25, 0.3) is 10.9 Å². The molecule has 166 valence electrons. The van der Waals surface area contributed by atoms with Gasteiger partial charge in [0.25, 0.3) is 5.91 Å². The molecule has 1 fully saturated rings. The van der Waals surface area contributed by atoms with Gasteiger partial charge in [-0.3, -0.25) is 9.59 Å². The van der Waals surface area contributed by atoms with E-state index in [0.717, 1.165) is 23.7 Å². The minimum absolute atomic E-state index is 0.00137. The summed E-state index contributed by atoms with van der Waals surface area (Å²) in [5.74, 6) is -0.849. The molecule has 2 aliphatic rings. The fourth-order valence-corrected chi connectivity index (χ4v) is 4.77. The largest absolute Gasteiger partial charge is 0.376 e. The molecule has 1 saturated heterocycles. The Morgan fingerprint density at radius 3 is 2.84 bits per heavy atom. The third kappa shape index (κ3) is 3.56. The van der Waals surface area contributed by atoms with E-state index in [-0.39, 0.29) is 30.3 Å². The number of amides is 2. The Morgan fingerprint density at radius 2 is 2.06 bits per heavy atom. The summed E-state index contributed by atoms with van der Waals surface area (Å²) in [5.41, 5.74) is 0.948. The minimum atomic E-state index is -1.14. The Morgan fingerprint density at radius 1 is 1.22 bits per heavy atom. The summed E-state index contributed by atoms with van der Waals surface area (Å²) in [6, 6.07) is 15.8. The highest BCUT2D eigenvalue weighted by Gasteiger charge is 2.47. The van der Waals surface area contributed by atoms with Crippen LogP contribution in [-0.2, 0) is 22.6 Å². The van der Waals surface area contributed by atoms with Crippen LogP contribution in [0.15, 0.2) is 54.6 Å². The molecular formula is C25H26FN3O3. The number of ether oxygens (including phenoxy) is 1. The Bertz CT molecular complexity index is 1180. The molecule has 0 radical (unpaired) electrons. The Kier molecular flexibility index (Phi) is 5.21. The van der Waals surface area contributed by atoms with E-state index in [0.29, 0.717) is 31.0 Å². The lowest BCUT2D eigenvalue weighted by Crippen LogP contribution is -2.64. The molecule has 1 N–H and O–H groups in total. The van der Waals surface area contributed by atoms with E-state index in [2.05, 4.69) is 5.32 Å². The molecule has 0 saturated carbocycles. The van der Waals surface area contributed by atoms with Crippen LogP contribution in [0.2, 0.25) is 0 Å². The standard InChI is InChI=1S/C25H26FN3O3/c1-25(24(31)27-14-20-9-5-11-32-20)16-28-21-10-3-2-7-18(21)13-22(28)23(30)29(25)15-17-6-4-8-19(26)12-17/h2-4,6-8,10,12-13,20H,5,9,11,14-16H2,1H3,(H,27,31). The van der Waals surface area contributed by atoms with Gasteiger partial charge < -0.3 is 19.5 Å². The molecule has 6 nitrogen and oxygen atoms in total. The van der Waals surface area contributed by atoms with Crippen molar-refractivity contribution in [2.24, 2.45) is 0 Å². The molecular weight excluding hydrogens is 409 g/mol. The summed E-state index contributed by atoms with van der Waals surface area (Å²) in [6.07, 6.45) is 1.90. The highest BCUT2D eigenvalue weighted by Crippen LogP contribution is 2.33. The third-order valence-electron chi connectivity index (χ3n) is 6.57. The number of aromatic nitrogens is 1. The zero-order valence-corrected chi connectivity index (χ0v) is 18.0. The van der Waals surface area contributed by atoms with Crippen molar-refractivity contribution in [3.05, 3.63) is 71.7 Å². The van der Waals surface area contributed by atoms with Crippen molar-refractivity contribution in [3.8, 4) is 0 Å². The lowest BCUT2D eigenvalue weighted by molar-refractivity contribution is -0.133. The Hall–Kier alpha value is -3.19. The molecule has 2 amide bonds. The summed E-state index contributed by atoms with van der Waals surface area (Å²) in [7, 11) is 0. The monoisotopic (exact) mass is 435 g/mol. The van der Waals surface area contributed by atoms with E-state index >= 15 is 0 Å². The first-order valence-corrected chi connectivity index (χ1v) is 11.0. The number of para-hydroxylation sites is 1. The number of benzene rings is 2. The highest BCUT2D eigenvalue weighted by atomic mass is 19.1. The van der Waals surface area contributed by atoms with Crippen LogP contribution >= 0.6 is 0 Å². The van der Waals surface area contributed by atoms with Gasteiger partial charge >= 0.3 is 0 Å². The van der Waals surface area contributed by atoms with E-state index in [1.807, 2.05) is 34.9 Å². The van der Waals surface area contributed by atoms with Crippen molar-refractivity contribution in [3.63, 3.8) is 0 Å². The molecule has 2 aliphatic heterocycles. The van der Waals surface area contributed by atoms with Crippen LogP contribution in [0.5, 0.6) is 0 Å². The number of hydrogen-bond acceptors (Lipinski definition) is 3. The molecule has 2 aromatic carbocycles. The van der Waals surface area contributed by atoms with Gasteiger partial charge in [0, 0.05) is 30.6 Å². The van der Waals surface area contributed by atoms with E-state index in [9.17, 15) is 14.0 Å². The maximum atomic E-state index is 13.8. The minimum Gasteiger partial charge on any atom is -0.376 e. The van der Waals surface area contributed by atoms with Crippen LogP contribution < -0.4 is 5.32 Å². The number of carbonyl (C=O) groups excluding carboxylic acids is 2.